The minimum Gasteiger partial charge on any atom is -0.364 e. The van der Waals surface area contributed by atoms with E-state index in [4.69, 9.17) is 0 Å². The molecule has 0 amide bonds. The minimum atomic E-state index is 0.520. The lowest BCUT2D eigenvalue weighted by Gasteiger charge is -2.40. The zero-order chi connectivity index (χ0) is 11.7. The standard InChI is InChI=1S/C12H16Br2N2/c1-8-7-16(9(2)6-15-8)12-10(13)4-3-5-11(12)14/h3-5,8-9,15H,6-7H2,1-2H3. The van der Waals surface area contributed by atoms with E-state index in [-0.39, 0.29) is 0 Å². The van der Waals surface area contributed by atoms with E-state index in [9.17, 15) is 0 Å². The molecule has 2 unspecified atom stereocenters. The molecule has 0 saturated carbocycles. The van der Waals surface area contributed by atoms with Gasteiger partial charge in [0, 0.05) is 34.1 Å². The average Bonchev–Trinajstić information content (AvgIpc) is 2.23. The number of nitrogens with zero attached hydrogens (tertiary/aromatic N) is 1. The number of rotatable bonds is 1. The number of hydrogen-bond acceptors (Lipinski definition) is 2. The van der Waals surface area contributed by atoms with E-state index < -0.39 is 0 Å². The van der Waals surface area contributed by atoms with Crippen molar-refractivity contribution in [3.8, 4) is 0 Å². The topological polar surface area (TPSA) is 15.3 Å². The molecule has 0 radical (unpaired) electrons. The summed E-state index contributed by atoms with van der Waals surface area (Å²) in [7, 11) is 0. The van der Waals surface area contributed by atoms with Crippen LogP contribution in [-0.4, -0.2) is 25.2 Å². The van der Waals surface area contributed by atoms with E-state index in [1.807, 2.05) is 6.07 Å². The van der Waals surface area contributed by atoms with E-state index in [0.29, 0.717) is 12.1 Å². The maximum atomic E-state index is 3.64. The molecule has 2 rings (SSSR count). The predicted molar refractivity (Wildman–Crippen MR) is 76.1 cm³/mol. The summed E-state index contributed by atoms with van der Waals surface area (Å²) in [5, 5.41) is 3.50. The Balaban J connectivity index is 2.35. The first-order chi connectivity index (χ1) is 7.59. The highest BCUT2D eigenvalue weighted by Gasteiger charge is 2.25. The van der Waals surface area contributed by atoms with Gasteiger partial charge in [0.05, 0.1) is 5.69 Å². The first kappa shape index (κ1) is 12.4. The van der Waals surface area contributed by atoms with Crippen LogP contribution in [0.25, 0.3) is 0 Å². The second kappa shape index (κ2) is 5.07. The largest absolute Gasteiger partial charge is 0.364 e. The molecular formula is C12H16Br2N2. The maximum absolute atomic E-state index is 3.64. The second-order valence-electron chi connectivity index (χ2n) is 4.38. The zero-order valence-corrected chi connectivity index (χ0v) is 12.7. The zero-order valence-electron chi connectivity index (χ0n) is 9.50. The molecule has 88 valence electrons. The van der Waals surface area contributed by atoms with Crippen LogP contribution in [0, 0.1) is 0 Å². The Bertz CT molecular complexity index is 361. The third-order valence-electron chi connectivity index (χ3n) is 2.99. The van der Waals surface area contributed by atoms with E-state index in [1.54, 1.807) is 0 Å². The van der Waals surface area contributed by atoms with Gasteiger partial charge in [-0.1, -0.05) is 6.07 Å². The van der Waals surface area contributed by atoms with Gasteiger partial charge >= 0.3 is 0 Å². The number of halogens is 2. The molecule has 2 atom stereocenters. The molecule has 1 aliphatic heterocycles. The van der Waals surface area contributed by atoms with Crippen molar-refractivity contribution in [3.63, 3.8) is 0 Å². The van der Waals surface area contributed by atoms with Crippen molar-refractivity contribution in [1.82, 2.24) is 5.32 Å². The van der Waals surface area contributed by atoms with Crippen LogP contribution in [0.2, 0.25) is 0 Å². The van der Waals surface area contributed by atoms with Crippen molar-refractivity contribution in [2.24, 2.45) is 0 Å². The molecule has 1 aromatic rings. The van der Waals surface area contributed by atoms with E-state index in [2.05, 4.69) is 68.1 Å². The van der Waals surface area contributed by atoms with Gasteiger partial charge in [0.2, 0.25) is 0 Å². The molecule has 1 fully saturated rings. The van der Waals surface area contributed by atoms with Crippen molar-refractivity contribution in [3.05, 3.63) is 27.1 Å². The predicted octanol–water partition coefficient (Wildman–Crippen LogP) is 3.40. The Labute approximate surface area is 114 Å². The molecule has 4 heteroatoms. The summed E-state index contributed by atoms with van der Waals surface area (Å²) < 4.78 is 2.31. The van der Waals surface area contributed by atoms with Gasteiger partial charge in [-0.25, -0.2) is 0 Å². The fraction of sp³-hybridized carbons (Fsp3) is 0.500. The molecule has 0 aromatic heterocycles. The molecule has 16 heavy (non-hydrogen) atoms. The van der Waals surface area contributed by atoms with Crippen LogP contribution < -0.4 is 10.2 Å². The summed E-state index contributed by atoms with van der Waals surface area (Å²) in [5.74, 6) is 0. The van der Waals surface area contributed by atoms with Crippen LogP contribution in [0.1, 0.15) is 13.8 Å². The van der Waals surface area contributed by atoms with Crippen LogP contribution in [0.3, 0.4) is 0 Å². The number of nitrogens with one attached hydrogen (secondary N) is 1. The van der Waals surface area contributed by atoms with E-state index in [0.717, 1.165) is 22.0 Å². The van der Waals surface area contributed by atoms with Crippen molar-refractivity contribution in [1.29, 1.82) is 0 Å². The number of anilines is 1. The normalized spacial score (nSPS) is 25.9. The lowest BCUT2D eigenvalue weighted by atomic mass is 10.1. The van der Waals surface area contributed by atoms with Crippen LogP contribution >= 0.6 is 31.9 Å². The fourth-order valence-corrected chi connectivity index (χ4v) is 3.55. The lowest BCUT2D eigenvalue weighted by Crippen LogP contribution is -2.54. The highest BCUT2D eigenvalue weighted by atomic mass is 79.9. The summed E-state index contributed by atoms with van der Waals surface area (Å²) in [6.45, 7) is 6.56. The van der Waals surface area contributed by atoms with Crippen molar-refractivity contribution in [2.45, 2.75) is 25.9 Å². The molecular weight excluding hydrogens is 332 g/mol. The van der Waals surface area contributed by atoms with Gasteiger partial charge in [-0.15, -0.1) is 0 Å². The Kier molecular flexibility index (Phi) is 3.93. The molecule has 1 N–H and O–H groups in total. The summed E-state index contributed by atoms with van der Waals surface area (Å²) >= 11 is 7.28. The van der Waals surface area contributed by atoms with Gasteiger partial charge in [-0.3, -0.25) is 0 Å². The van der Waals surface area contributed by atoms with Crippen LogP contribution in [0.15, 0.2) is 27.1 Å². The average molecular weight is 348 g/mol. The van der Waals surface area contributed by atoms with E-state index >= 15 is 0 Å². The van der Waals surface area contributed by atoms with Crippen LogP contribution in [-0.2, 0) is 0 Å². The van der Waals surface area contributed by atoms with Gasteiger partial charge in [-0.05, 0) is 57.8 Å². The van der Waals surface area contributed by atoms with Crippen molar-refractivity contribution >= 4 is 37.5 Å². The lowest BCUT2D eigenvalue weighted by molar-refractivity contribution is 0.424. The van der Waals surface area contributed by atoms with Crippen molar-refractivity contribution < 1.29 is 0 Å². The third kappa shape index (κ3) is 2.44. The maximum Gasteiger partial charge on any atom is 0.0658 e. The van der Waals surface area contributed by atoms with Crippen molar-refractivity contribution in [2.75, 3.05) is 18.0 Å². The van der Waals surface area contributed by atoms with Gasteiger partial charge in [0.1, 0.15) is 0 Å². The number of hydrogen-bond donors (Lipinski definition) is 1. The first-order valence-electron chi connectivity index (χ1n) is 5.53. The number of para-hydroxylation sites is 1. The third-order valence-corrected chi connectivity index (χ3v) is 4.27. The summed E-state index contributed by atoms with van der Waals surface area (Å²) in [6, 6.07) is 7.30. The van der Waals surface area contributed by atoms with Gasteiger partial charge in [0.25, 0.3) is 0 Å². The Hall–Kier alpha value is -0.0600. The fourth-order valence-electron chi connectivity index (χ4n) is 2.10. The molecule has 1 heterocycles. The SMILES string of the molecule is CC1CN(c2c(Br)cccc2Br)C(C)CN1. The monoisotopic (exact) mass is 346 g/mol. The van der Waals surface area contributed by atoms with Gasteiger partial charge < -0.3 is 10.2 Å². The summed E-state index contributed by atoms with van der Waals surface area (Å²) in [6.07, 6.45) is 0. The Morgan fingerprint density at radius 2 is 1.88 bits per heavy atom. The van der Waals surface area contributed by atoms with Gasteiger partial charge in [0.15, 0.2) is 0 Å². The molecule has 2 nitrogen and oxygen atoms in total. The van der Waals surface area contributed by atoms with E-state index in [1.165, 1.54) is 5.69 Å². The smallest absolute Gasteiger partial charge is 0.0658 e. The Morgan fingerprint density at radius 3 is 2.50 bits per heavy atom. The van der Waals surface area contributed by atoms with Gasteiger partial charge in [-0.2, -0.15) is 0 Å². The number of benzene rings is 1. The molecule has 1 saturated heterocycles. The molecule has 1 aliphatic rings. The summed E-state index contributed by atoms with van der Waals surface area (Å²) in [4.78, 5) is 2.45. The highest BCUT2D eigenvalue weighted by Crippen LogP contribution is 2.35. The quantitative estimate of drug-likeness (QED) is 0.837. The minimum absolute atomic E-state index is 0.520. The molecule has 0 bridgehead atoms. The molecule has 0 aliphatic carbocycles. The van der Waals surface area contributed by atoms with Crippen LogP contribution in [0.5, 0.6) is 0 Å². The first-order valence-corrected chi connectivity index (χ1v) is 7.12. The molecule has 1 aromatic carbocycles. The second-order valence-corrected chi connectivity index (χ2v) is 6.09. The Morgan fingerprint density at radius 1 is 1.25 bits per heavy atom. The molecule has 0 spiro atoms. The summed E-state index contributed by atoms with van der Waals surface area (Å²) in [5.41, 5.74) is 1.27. The highest BCUT2D eigenvalue weighted by molar-refractivity contribution is 9.11. The number of piperazine rings is 1. The van der Waals surface area contributed by atoms with Crippen LogP contribution in [0.4, 0.5) is 5.69 Å².